The van der Waals surface area contributed by atoms with Crippen molar-refractivity contribution in [2.75, 3.05) is 31.1 Å². The Morgan fingerprint density at radius 1 is 1.06 bits per heavy atom. The van der Waals surface area contributed by atoms with Crippen LogP contribution in [0.2, 0.25) is 0 Å². The SMILES string of the molecule is CCn1ncc(CN2CCN(c3nccnc3-c3ccc(CNC(C)=O)cc3)CC2)c1C.Cl. The highest BCUT2D eigenvalue weighted by Crippen LogP contribution is 2.28. The Morgan fingerprint density at radius 3 is 2.39 bits per heavy atom. The van der Waals surface area contributed by atoms with E-state index in [1.54, 1.807) is 12.4 Å². The molecule has 176 valence electrons. The van der Waals surface area contributed by atoms with Gasteiger partial charge >= 0.3 is 0 Å². The van der Waals surface area contributed by atoms with Gasteiger partial charge in [0.15, 0.2) is 5.82 Å². The van der Waals surface area contributed by atoms with E-state index in [9.17, 15) is 4.79 Å². The van der Waals surface area contributed by atoms with Gasteiger partial charge in [-0.15, -0.1) is 12.4 Å². The Bertz CT molecular complexity index is 1060. The first kappa shape index (κ1) is 24.7. The van der Waals surface area contributed by atoms with Crippen molar-refractivity contribution >= 4 is 24.1 Å². The summed E-state index contributed by atoms with van der Waals surface area (Å²) in [5, 5.41) is 7.30. The molecule has 1 N–H and O–H groups in total. The minimum atomic E-state index is -0.0289. The number of hydrogen-bond acceptors (Lipinski definition) is 6. The van der Waals surface area contributed by atoms with Crippen LogP contribution in [0.4, 0.5) is 5.82 Å². The fourth-order valence-electron chi connectivity index (χ4n) is 4.09. The van der Waals surface area contributed by atoms with E-state index in [0.717, 1.165) is 61.9 Å². The molecule has 1 fully saturated rings. The first-order chi connectivity index (χ1) is 15.5. The zero-order valence-corrected chi connectivity index (χ0v) is 20.3. The molecule has 0 bridgehead atoms. The molecule has 3 aromatic rings. The molecule has 4 rings (SSSR count). The maximum absolute atomic E-state index is 11.1. The Kier molecular flexibility index (Phi) is 8.41. The highest BCUT2D eigenvalue weighted by molar-refractivity contribution is 5.85. The largest absolute Gasteiger partial charge is 0.352 e. The number of carbonyl (C=O) groups is 1. The number of benzene rings is 1. The van der Waals surface area contributed by atoms with Crippen molar-refractivity contribution in [2.24, 2.45) is 0 Å². The minimum Gasteiger partial charge on any atom is -0.352 e. The molecule has 0 radical (unpaired) electrons. The third kappa shape index (κ3) is 5.89. The minimum absolute atomic E-state index is 0. The van der Waals surface area contributed by atoms with Crippen LogP contribution >= 0.6 is 12.4 Å². The molecule has 0 aliphatic carbocycles. The van der Waals surface area contributed by atoms with Crippen LogP contribution in [0.1, 0.15) is 30.7 Å². The zero-order valence-electron chi connectivity index (χ0n) is 19.5. The number of anilines is 1. The number of rotatable bonds is 7. The normalized spacial score (nSPS) is 14.1. The van der Waals surface area contributed by atoms with Crippen LogP contribution in [0.5, 0.6) is 0 Å². The molecule has 2 aromatic heterocycles. The lowest BCUT2D eigenvalue weighted by molar-refractivity contribution is -0.119. The second-order valence-corrected chi connectivity index (χ2v) is 8.17. The van der Waals surface area contributed by atoms with E-state index >= 15 is 0 Å². The number of nitrogens with zero attached hydrogens (tertiary/aromatic N) is 6. The molecule has 1 saturated heterocycles. The zero-order chi connectivity index (χ0) is 22.5. The third-order valence-corrected chi connectivity index (χ3v) is 6.02. The molecule has 0 atom stereocenters. The van der Waals surface area contributed by atoms with E-state index in [1.165, 1.54) is 18.2 Å². The molecule has 9 heteroatoms. The maximum Gasteiger partial charge on any atom is 0.217 e. The number of hydrogen-bond donors (Lipinski definition) is 1. The molecular weight excluding hydrogens is 438 g/mol. The van der Waals surface area contributed by atoms with E-state index in [-0.39, 0.29) is 18.3 Å². The van der Waals surface area contributed by atoms with E-state index in [0.29, 0.717) is 6.54 Å². The van der Waals surface area contributed by atoms with Crippen molar-refractivity contribution in [2.45, 2.75) is 40.4 Å². The van der Waals surface area contributed by atoms with Crippen LogP contribution in [0.15, 0.2) is 42.9 Å². The molecule has 1 aliphatic heterocycles. The number of aromatic nitrogens is 4. The van der Waals surface area contributed by atoms with E-state index in [2.05, 4.69) is 60.8 Å². The van der Waals surface area contributed by atoms with E-state index in [1.807, 2.05) is 18.3 Å². The first-order valence-corrected chi connectivity index (χ1v) is 11.2. The number of carbonyl (C=O) groups excluding carboxylic acids is 1. The van der Waals surface area contributed by atoms with Gasteiger partial charge in [-0.3, -0.25) is 19.4 Å². The summed E-state index contributed by atoms with van der Waals surface area (Å²) in [6.45, 7) is 11.9. The summed E-state index contributed by atoms with van der Waals surface area (Å²) >= 11 is 0. The second-order valence-electron chi connectivity index (χ2n) is 8.17. The third-order valence-electron chi connectivity index (χ3n) is 6.02. The average Bonchev–Trinajstić information content (AvgIpc) is 3.17. The van der Waals surface area contributed by atoms with Gasteiger partial charge in [-0.25, -0.2) is 4.98 Å². The Hall–Kier alpha value is -2.97. The number of amides is 1. The van der Waals surface area contributed by atoms with Crippen LogP contribution < -0.4 is 10.2 Å². The summed E-state index contributed by atoms with van der Waals surface area (Å²) in [5.41, 5.74) is 5.55. The van der Waals surface area contributed by atoms with Gasteiger partial charge in [0.25, 0.3) is 0 Å². The van der Waals surface area contributed by atoms with E-state index in [4.69, 9.17) is 0 Å². The predicted octanol–water partition coefficient (Wildman–Crippen LogP) is 3.05. The Labute approximate surface area is 201 Å². The number of aryl methyl sites for hydroxylation is 1. The number of nitrogens with one attached hydrogen (secondary N) is 1. The molecule has 8 nitrogen and oxygen atoms in total. The Morgan fingerprint density at radius 2 is 1.76 bits per heavy atom. The standard InChI is InChI=1S/C24H31N7O.ClH/c1-4-31-18(2)22(16-28-31)17-29-11-13-30(14-12-29)24-23(25-9-10-26-24)21-7-5-20(6-8-21)15-27-19(3)32;/h5-10,16H,4,11-15,17H2,1-3H3,(H,27,32);1H. The van der Waals surface area contributed by atoms with Crippen molar-refractivity contribution in [3.8, 4) is 11.3 Å². The highest BCUT2D eigenvalue weighted by Gasteiger charge is 2.22. The molecular formula is C24H32ClN7O. The summed E-state index contributed by atoms with van der Waals surface area (Å²) in [6.07, 6.45) is 5.51. The van der Waals surface area contributed by atoms with Gasteiger partial charge in [-0.2, -0.15) is 5.10 Å². The fourth-order valence-corrected chi connectivity index (χ4v) is 4.09. The number of halogens is 1. The van der Waals surface area contributed by atoms with Gasteiger partial charge < -0.3 is 10.2 Å². The topological polar surface area (TPSA) is 79.2 Å². The smallest absolute Gasteiger partial charge is 0.217 e. The van der Waals surface area contributed by atoms with Gasteiger partial charge in [-0.05, 0) is 19.4 Å². The first-order valence-electron chi connectivity index (χ1n) is 11.2. The van der Waals surface area contributed by atoms with Crippen molar-refractivity contribution in [3.63, 3.8) is 0 Å². The van der Waals surface area contributed by atoms with Gasteiger partial charge in [0.2, 0.25) is 5.91 Å². The van der Waals surface area contributed by atoms with Crippen LogP contribution in [0, 0.1) is 6.92 Å². The molecule has 0 unspecified atom stereocenters. The highest BCUT2D eigenvalue weighted by atomic mass is 35.5. The summed E-state index contributed by atoms with van der Waals surface area (Å²) in [6, 6.07) is 8.16. The van der Waals surface area contributed by atoms with Gasteiger partial charge in [0.1, 0.15) is 5.69 Å². The average molecular weight is 470 g/mol. The van der Waals surface area contributed by atoms with Gasteiger partial charge in [0, 0.05) is 82.0 Å². The van der Waals surface area contributed by atoms with Crippen molar-refractivity contribution in [1.29, 1.82) is 0 Å². The molecule has 1 aliphatic rings. The monoisotopic (exact) mass is 469 g/mol. The maximum atomic E-state index is 11.1. The fraction of sp³-hybridized carbons (Fsp3) is 0.417. The number of piperazine rings is 1. The van der Waals surface area contributed by atoms with Crippen LogP contribution in [0.3, 0.4) is 0 Å². The quantitative estimate of drug-likeness (QED) is 0.573. The molecule has 1 amide bonds. The van der Waals surface area contributed by atoms with Gasteiger partial charge in [-0.1, -0.05) is 24.3 Å². The van der Waals surface area contributed by atoms with Gasteiger partial charge in [0.05, 0.1) is 6.20 Å². The predicted molar refractivity (Wildman–Crippen MR) is 132 cm³/mol. The molecule has 0 spiro atoms. The van der Waals surface area contributed by atoms with E-state index < -0.39 is 0 Å². The van der Waals surface area contributed by atoms with Crippen molar-refractivity contribution in [1.82, 2.24) is 30.0 Å². The summed E-state index contributed by atoms with van der Waals surface area (Å²) in [4.78, 5) is 25.3. The molecule has 0 saturated carbocycles. The molecule has 33 heavy (non-hydrogen) atoms. The lowest BCUT2D eigenvalue weighted by Crippen LogP contribution is -2.46. The second kappa shape index (κ2) is 11.2. The lowest BCUT2D eigenvalue weighted by Gasteiger charge is -2.35. The van der Waals surface area contributed by atoms with Crippen LogP contribution in [0.25, 0.3) is 11.3 Å². The Balaban J connectivity index is 0.00000306. The van der Waals surface area contributed by atoms with Crippen LogP contribution in [-0.2, 0) is 24.4 Å². The molecule has 1 aromatic carbocycles. The van der Waals surface area contributed by atoms with Crippen molar-refractivity contribution < 1.29 is 4.79 Å². The summed E-state index contributed by atoms with van der Waals surface area (Å²) < 4.78 is 2.05. The summed E-state index contributed by atoms with van der Waals surface area (Å²) in [7, 11) is 0. The van der Waals surface area contributed by atoms with Crippen molar-refractivity contribution in [3.05, 3.63) is 59.7 Å². The summed E-state index contributed by atoms with van der Waals surface area (Å²) in [5.74, 6) is 0.899. The lowest BCUT2D eigenvalue weighted by atomic mass is 10.1. The van der Waals surface area contributed by atoms with Crippen LogP contribution in [-0.4, -0.2) is 56.7 Å². The molecule has 3 heterocycles.